The normalized spacial score (nSPS) is 10.4. The molecule has 0 aliphatic heterocycles. The lowest BCUT2D eigenvalue weighted by Crippen LogP contribution is -2.01. The van der Waals surface area contributed by atoms with Crippen molar-refractivity contribution in [2.24, 2.45) is 0 Å². The molecule has 5 nitrogen and oxygen atoms in total. The van der Waals surface area contributed by atoms with Gasteiger partial charge in [-0.1, -0.05) is 12.2 Å². The van der Waals surface area contributed by atoms with E-state index in [0.717, 1.165) is 0 Å². The minimum absolute atomic E-state index is 0.0658. The van der Waals surface area contributed by atoms with E-state index >= 15 is 0 Å². The van der Waals surface area contributed by atoms with Crippen molar-refractivity contribution in [1.82, 2.24) is 0 Å². The number of aldehydes is 1. The monoisotopic (exact) mass is 264 g/mol. The third-order valence-corrected chi connectivity index (χ3v) is 2.40. The van der Waals surface area contributed by atoms with Gasteiger partial charge in [0.15, 0.2) is 17.8 Å². The molecule has 0 atom stereocenters. The highest BCUT2D eigenvalue weighted by atomic mass is 16.5. The van der Waals surface area contributed by atoms with Gasteiger partial charge in [0.2, 0.25) is 0 Å². The van der Waals surface area contributed by atoms with Gasteiger partial charge in [-0.05, 0) is 24.6 Å². The molecule has 0 unspecified atom stereocenters. The second kappa shape index (κ2) is 7.20. The SMILES string of the molecule is CCOC(=O)CC=Cc1cc(O)c(OC)cc1C=O. The molecule has 0 aliphatic carbocycles. The summed E-state index contributed by atoms with van der Waals surface area (Å²) in [7, 11) is 1.40. The summed E-state index contributed by atoms with van der Waals surface area (Å²) in [6.45, 7) is 2.06. The van der Waals surface area contributed by atoms with Crippen LogP contribution in [-0.2, 0) is 9.53 Å². The van der Waals surface area contributed by atoms with Gasteiger partial charge < -0.3 is 14.6 Å². The van der Waals surface area contributed by atoms with Gasteiger partial charge in [0, 0.05) is 5.56 Å². The summed E-state index contributed by atoms with van der Waals surface area (Å²) >= 11 is 0. The third kappa shape index (κ3) is 4.13. The number of aromatic hydroxyl groups is 1. The maximum atomic E-state index is 11.1. The summed E-state index contributed by atoms with van der Waals surface area (Å²) < 4.78 is 9.68. The van der Waals surface area contributed by atoms with E-state index in [4.69, 9.17) is 9.47 Å². The molecule has 0 fully saturated rings. The first-order chi connectivity index (χ1) is 9.12. The van der Waals surface area contributed by atoms with Crippen molar-refractivity contribution < 1.29 is 24.2 Å². The minimum Gasteiger partial charge on any atom is -0.504 e. The maximum absolute atomic E-state index is 11.1. The zero-order valence-electron chi connectivity index (χ0n) is 10.9. The molecule has 0 spiro atoms. The maximum Gasteiger partial charge on any atom is 0.309 e. The van der Waals surface area contributed by atoms with E-state index in [1.165, 1.54) is 19.2 Å². The number of carbonyl (C=O) groups is 2. The van der Waals surface area contributed by atoms with Gasteiger partial charge >= 0.3 is 5.97 Å². The largest absolute Gasteiger partial charge is 0.504 e. The standard InChI is InChI=1S/C14H16O5/c1-3-19-14(17)6-4-5-10-7-12(16)13(18-2)8-11(10)9-15/h4-5,7-9,16H,3,6H2,1-2H3. The van der Waals surface area contributed by atoms with E-state index in [1.54, 1.807) is 19.1 Å². The summed E-state index contributed by atoms with van der Waals surface area (Å²) in [6, 6.07) is 2.84. The number of hydrogen-bond donors (Lipinski definition) is 1. The Kier molecular flexibility index (Phi) is 5.60. The van der Waals surface area contributed by atoms with Crippen LogP contribution in [0, 0.1) is 0 Å². The van der Waals surface area contributed by atoms with Crippen LogP contribution in [-0.4, -0.2) is 31.1 Å². The third-order valence-electron chi connectivity index (χ3n) is 2.40. The number of phenolic OH excluding ortho intramolecular Hbond substituents is 1. The second-order valence-corrected chi connectivity index (χ2v) is 3.68. The summed E-state index contributed by atoms with van der Waals surface area (Å²) in [5, 5.41) is 9.64. The van der Waals surface area contributed by atoms with Crippen LogP contribution >= 0.6 is 0 Å². The van der Waals surface area contributed by atoms with Crippen molar-refractivity contribution in [3.63, 3.8) is 0 Å². The minimum atomic E-state index is -0.343. The fourth-order valence-electron chi connectivity index (χ4n) is 1.51. The van der Waals surface area contributed by atoms with Crippen LogP contribution in [0.1, 0.15) is 29.3 Å². The molecule has 0 aromatic heterocycles. The van der Waals surface area contributed by atoms with Crippen LogP contribution in [0.3, 0.4) is 0 Å². The van der Waals surface area contributed by atoms with Gasteiger partial charge in [0.1, 0.15) is 0 Å². The van der Waals surface area contributed by atoms with Crippen LogP contribution < -0.4 is 4.74 Å². The average Bonchev–Trinajstić information content (AvgIpc) is 2.39. The van der Waals surface area contributed by atoms with E-state index in [-0.39, 0.29) is 23.9 Å². The van der Waals surface area contributed by atoms with Crippen LogP contribution in [0.4, 0.5) is 0 Å². The van der Waals surface area contributed by atoms with E-state index in [0.29, 0.717) is 24.0 Å². The van der Waals surface area contributed by atoms with Crippen LogP contribution in [0.25, 0.3) is 6.08 Å². The first-order valence-corrected chi connectivity index (χ1v) is 5.80. The topological polar surface area (TPSA) is 72.8 Å². The second-order valence-electron chi connectivity index (χ2n) is 3.68. The Hall–Kier alpha value is -2.30. The molecule has 0 saturated carbocycles. The van der Waals surface area contributed by atoms with Gasteiger partial charge in [-0.3, -0.25) is 9.59 Å². The first-order valence-electron chi connectivity index (χ1n) is 5.80. The smallest absolute Gasteiger partial charge is 0.309 e. The quantitative estimate of drug-likeness (QED) is 0.629. The lowest BCUT2D eigenvalue weighted by atomic mass is 10.1. The molecule has 1 rings (SSSR count). The molecule has 0 saturated heterocycles. The Labute approximate surface area is 111 Å². The molecule has 5 heteroatoms. The molecular formula is C14H16O5. The zero-order valence-corrected chi connectivity index (χ0v) is 10.9. The molecule has 1 aromatic carbocycles. The highest BCUT2D eigenvalue weighted by Gasteiger charge is 2.07. The van der Waals surface area contributed by atoms with Gasteiger partial charge in [-0.25, -0.2) is 0 Å². The van der Waals surface area contributed by atoms with Crippen molar-refractivity contribution in [2.45, 2.75) is 13.3 Å². The van der Waals surface area contributed by atoms with Crippen LogP contribution in [0.2, 0.25) is 0 Å². The summed E-state index contributed by atoms with van der Waals surface area (Å²) in [4.78, 5) is 22.1. The highest BCUT2D eigenvalue weighted by molar-refractivity contribution is 5.84. The van der Waals surface area contributed by atoms with E-state index < -0.39 is 0 Å². The molecule has 19 heavy (non-hydrogen) atoms. The van der Waals surface area contributed by atoms with Crippen LogP contribution in [0.5, 0.6) is 11.5 Å². The van der Waals surface area contributed by atoms with Crippen molar-refractivity contribution in [3.05, 3.63) is 29.3 Å². The lowest BCUT2D eigenvalue weighted by Gasteiger charge is -2.06. The number of benzene rings is 1. The number of ether oxygens (including phenoxy) is 2. The number of hydrogen-bond acceptors (Lipinski definition) is 5. The van der Waals surface area contributed by atoms with Crippen molar-refractivity contribution >= 4 is 18.3 Å². The van der Waals surface area contributed by atoms with Gasteiger partial charge in [0.05, 0.1) is 20.1 Å². The molecule has 0 bridgehead atoms. The predicted molar refractivity (Wildman–Crippen MR) is 70.3 cm³/mol. The van der Waals surface area contributed by atoms with Gasteiger partial charge in [-0.2, -0.15) is 0 Å². The summed E-state index contributed by atoms with van der Waals surface area (Å²) in [5.41, 5.74) is 0.882. The molecule has 1 aromatic rings. The van der Waals surface area contributed by atoms with Gasteiger partial charge in [0.25, 0.3) is 0 Å². The van der Waals surface area contributed by atoms with Crippen LogP contribution in [0.15, 0.2) is 18.2 Å². The molecule has 0 amide bonds. The Balaban J connectivity index is 2.88. The lowest BCUT2D eigenvalue weighted by molar-refractivity contribution is -0.142. The fourth-order valence-corrected chi connectivity index (χ4v) is 1.51. The predicted octanol–water partition coefficient (Wildman–Crippen LogP) is 2.18. The Morgan fingerprint density at radius 3 is 2.68 bits per heavy atom. The van der Waals surface area contributed by atoms with E-state index in [9.17, 15) is 14.7 Å². The van der Waals surface area contributed by atoms with Crippen molar-refractivity contribution in [2.75, 3.05) is 13.7 Å². The number of methoxy groups -OCH3 is 1. The Morgan fingerprint density at radius 2 is 2.11 bits per heavy atom. The van der Waals surface area contributed by atoms with Crippen molar-refractivity contribution in [3.8, 4) is 11.5 Å². The number of carbonyl (C=O) groups excluding carboxylic acids is 2. The highest BCUT2D eigenvalue weighted by Crippen LogP contribution is 2.29. The first kappa shape index (κ1) is 14.8. The van der Waals surface area contributed by atoms with Gasteiger partial charge in [-0.15, -0.1) is 0 Å². The molecule has 0 radical (unpaired) electrons. The molecule has 0 heterocycles. The number of esters is 1. The molecule has 0 aliphatic rings. The van der Waals surface area contributed by atoms with Crippen molar-refractivity contribution in [1.29, 1.82) is 0 Å². The number of rotatable bonds is 6. The summed E-state index contributed by atoms with van der Waals surface area (Å²) in [5.74, 6) is -0.183. The Bertz CT molecular complexity index is 491. The molecular weight excluding hydrogens is 248 g/mol. The van der Waals surface area contributed by atoms with E-state index in [1.807, 2.05) is 0 Å². The number of phenols is 1. The average molecular weight is 264 g/mol. The molecule has 102 valence electrons. The fraction of sp³-hybridized carbons (Fsp3) is 0.286. The zero-order chi connectivity index (χ0) is 14.3. The Morgan fingerprint density at radius 1 is 1.37 bits per heavy atom. The molecule has 1 N–H and O–H groups in total. The van der Waals surface area contributed by atoms with E-state index in [2.05, 4.69) is 0 Å². The summed E-state index contributed by atoms with van der Waals surface area (Å²) in [6.07, 6.45) is 3.93.